The van der Waals surface area contributed by atoms with Crippen molar-refractivity contribution in [3.8, 4) is 0 Å². The topological polar surface area (TPSA) is 175 Å². The molecule has 1 aliphatic heterocycles. The van der Waals surface area contributed by atoms with Crippen LogP contribution in [0.3, 0.4) is 0 Å². The molecule has 0 aromatic carbocycles. The molecule has 0 aliphatic carbocycles. The van der Waals surface area contributed by atoms with Crippen LogP contribution < -0.4 is 0 Å². The second-order valence-electron chi connectivity index (χ2n) is 19.5. The van der Waals surface area contributed by atoms with Gasteiger partial charge in [-0.3, -0.25) is 14.4 Å². The van der Waals surface area contributed by atoms with Crippen molar-refractivity contribution >= 4 is 23.9 Å². The summed E-state index contributed by atoms with van der Waals surface area (Å²) >= 11 is 0. The van der Waals surface area contributed by atoms with Crippen molar-refractivity contribution in [3.05, 3.63) is 122 Å². The van der Waals surface area contributed by atoms with Crippen LogP contribution in [0.5, 0.6) is 0 Å². The first kappa shape index (κ1) is 70.1. The molecule has 0 radical (unpaired) electrons. The number of carboxylic acids is 1. The van der Waals surface area contributed by atoms with Gasteiger partial charge in [0.25, 0.3) is 0 Å². The van der Waals surface area contributed by atoms with Gasteiger partial charge in [-0.15, -0.1) is 0 Å². The minimum absolute atomic E-state index is 0.0215. The molecule has 1 saturated heterocycles. The van der Waals surface area contributed by atoms with E-state index in [0.717, 1.165) is 148 Å². The lowest BCUT2D eigenvalue weighted by Gasteiger charge is -2.40. The first-order valence-electron chi connectivity index (χ1n) is 29.5. The molecule has 1 heterocycles. The molecule has 0 saturated carbocycles. The van der Waals surface area contributed by atoms with Crippen molar-refractivity contribution in [2.24, 2.45) is 0 Å². The molecule has 0 spiro atoms. The normalized spacial score (nSPS) is 18.9. The lowest BCUT2D eigenvalue weighted by molar-refractivity contribution is -0.301. The van der Waals surface area contributed by atoms with E-state index in [2.05, 4.69) is 142 Å². The van der Waals surface area contributed by atoms with E-state index in [1.165, 1.54) is 6.42 Å². The van der Waals surface area contributed by atoms with E-state index in [1.54, 1.807) is 0 Å². The van der Waals surface area contributed by atoms with Crippen LogP contribution in [0, 0.1) is 0 Å². The summed E-state index contributed by atoms with van der Waals surface area (Å²) in [4.78, 5) is 51.1. The number of rotatable bonds is 48. The Labute approximate surface area is 465 Å². The molecule has 6 atom stereocenters. The van der Waals surface area contributed by atoms with E-state index in [-0.39, 0.29) is 25.9 Å². The van der Waals surface area contributed by atoms with E-state index in [0.29, 0.717) is 19.3 Å². The number of ether oxygens (including phenoxy) is 5. The van der Waals surface area contributed by atoms with Crippen LogP contribution in [0.15, 0.2) is 122 Å². The summed E-state index contributed by atoms with van der Waals surface area (Å²) in [6.45, 7) is 5.60. The van der Waals surface area contributed by atoms with E-state index in [9.17, 15) is 34.5 Å². The van der Waals surface area contributed by atoms with Crippen LogP contribution in [0.25, 0.3) is 0 Å². The van der Waals surface area contributed by atoms with Gasteiger partial charge in [0.1, 0.15) is 18.8 Å². The maximum Gasteiger partial charge on any atom is 0.335 e. The van der Waals surface area contributed by atoms with Gasteiger partial charge in [0.2, 0.25) is 0 Å². The molecular formula is C65H102O12. The van der Waals surface area contributed by atoms with Crippen molar-refractivity contribution in [1.29, 1.82) is 0 Å². The number of unbranched alkanes of at least 4 members (excludes halogenated alkanes) is 14. The molecule has 0 amide bonds. The Morgan fingerprint density at radius 1 is 0.429 bits per heavy atom. The summed E-state index contributed by atoms with van der Waals surface area (Å²) in [5.41, 5.74) is 0. The van der Waals surface area contributed by atoms with Crippen molar-refractivity contribution in [2.75, 3.05) is 13.2 Å². The SMILES string of the molecule is CC/C=C\C/C=C\C/C=C\C/C=C\CCCCCCC(=O)OC1C(OCC(COC(=O)CCCCCCCCC/C=C\C/C=C\C/C=C\CC)OC(=O)CCCCC/C=C\C/C=C\C/C=C\CC)OC(C(=O)O)C(O)C1O. The van der Waals surface area contributed by atoms with Gasteiger partial charge in [-0.2, -0.15) is 0 Å². The molecule has 0 aromatic heterocycles. The third-order valence-electron chi connectivity index (χ3n) is 12.5. The number of aliphatic carboxylic acids is 1. The number of aliphatic hydroxyl groups excluding tert-OH is 2. The predicted octanol–water partition coefficient (Wildman–Crippen LogP) is 15.2. The summed E-state index contributed by atoms with van der Waals surface area (Å²) in [5, 5.41) is 31.5. The monoisotopic (exact) mass is 1070 g/mol. The molecule has 0 aromatic rings. The zero-order chi connectivity index (χ0) is 56.1. The summed E-state index contributed by atoms with van der Waals surface area (Å²) in [6, 6.07) is 0. The minimum atomic E-state index is -1.92. The second kappa shape index (κ2) is 51.9. The van der Waals surface area contributed by atoms with Gasteiger partial charge in [0.15, 0.2) is 24.6 Å². The molecule has 1 fully saturated rings. The van der Waals surface area contributed by atoms with Gasteiger partial charge in [0, 0.05) is 19.3 Å². The second-order valence-corrected chi connectivity index (χ2v) is 19.5. The quantitative estimate of drug-likeness (QED) is 0.0228. The predicted molar refractivity (Wildman–Crippen MR) is 312 cm³/mol. The van der Waals surface area contributed by atoms with Gasteiger partial charge < -0.3 is 39.0 Å². The number of hydrogen-bond donors (Lipinski definition) is 3. The highest BCUT2D eigenvalue weighted by molar-refractivity contribution is 5.74. The summed E-state index contributed by atoms with van der Waals surface area (Å²) in [7, 11) is 0. The largest absolute Gasteiger partial charge is 0.479 e. The van der Waals surface area contributed by atoms with E-state index in [4.69, 9.17) is 23.7 Å². The number of esters is 3. The van der Waals surface area contributed by atoms with E-state index in [1.807, 2.05) is 0 Å². The molecular weight excluding hydrogens is 973 g/mol. The Hall–Kier alpha value is -4.88. The maximum absolute atomic E-state index is 13.1. The van der Waals surface area contributed by atoms with Crippen LogP contribution in [0.1, 0.15) is 213 Å². The zero-order valence-electron chi connectivity index (χ0n) is 47.7. The highest BCUT2D eigenvalue weighted by Gasteiger charge is 2.50. The Balaban J connectivity index is 2.72. The Morgan fingerprint density at radius 2 is 0.779 bits per heavy atom. The summed E-state index contributed by atoms with van der Waals surface area (Å²) in [5.74, 6) is -3.22. The fourth-order valence-electron chi connectivity index (χ4n) is 8.09. The highest BCUT2D eigenvalue weighted by atomic mass is 16.7. The van der Waals surface area contributed by atoms with Gasteiger partial charge >= 0.3 is 23.9 Å². The maximum atomic E-state index is 13.1. The average molecular weight is 1080 g/mol. The molecule has 12 nitrogen and oxygen atoms in total. The van der Waals surface area contributed by atoms with Crippen molar-refractivity contribution < 1.29 is 58.2 Å². The summed E-state index contributed by atoms with van der Waals surface area (Å²) < 4.78 is 28.4. The number of carboxylic acid groups (broad SMARTS) is 1. The number of carbonyl (C=O) groups is 4. The van der Waals surface area contributed by atoms with Crippen LogP contribution in [0.4, 0.5) is 0 Å². The van der Waals surface area contributed by atoms with Crippen LogP contribution >= 0.6 is 0 Å². The number of allylic oxidation sites excluding steroid dienone is 20. The molecule has 1 rings (SSSR count). The fraction of sp³-hybridized carbons (Fsp3) is 0.631. The van der Waals surface area contributed by atoms with Gasteiger partial charge in [-0.25, -0.2) is 4.79 Å². The number of carbonyl (C=O) groups excluding carboxylic acids is 3. The average Bonchev–Trinajstić information content (AvgIpc) is 3.42. The third-order valence-corrected chi connectivity index (χ3v) is 12.5. The lowest BCUT2D eigenvalue weighted by atomic mass is 9.98. The first-order valence-corrected chi connectivity index (χ1v) is 29.5. The van der Waals surface area contributed by atoms with Crippen molar-refractivity contribution in [1.82, 2.24) is 0 Å². The first-order chi connectivity index (χ1) is 37.6. The molecule has 6 unspecified atom stereocenters. The molecule has 434 valence electrons. The molecule has 3 N–H and O–H groups in total. The van der Waals surface area contributed by atoms with Gasteiger partial charge in [-0.05, 0) is 122 Å². The summed E-state index contributed by atoms with van der Waals surface area (Å²) in [6.07, 6.45) is 58.8. The lowest BCUT2D eigenvalue weighted by Crippen LogP contribution is -2.61. The molecule has 12 heteroatoms. The third kappa shape index (κ3) is 41.8. The van der Waals surface area contributed by atoms with Crippen molar-refractivity contribution in [2.45, 2.75) is 250 Å². The minimum Gasteiger partial charge on any atom is -0.479 e. The highest BCUT2D eigenvalue weighted by Crippen LogP contribution is 2.26. The molecule has 77 heavy (non-hydrogen) atoms. The van der Waals surface area contributed by atoms with Crippen molar-refractivity contribution in [3.63, 3.8) is 0 Å². The van der Waals surface area contributed by atoms with E-state index < -0.39 is 67.3 Å². The van der Waals surface area contributed by atoms with Gasteiger partial charge in [0.05, 0.1) is 6.61 Å². The molecule has 1 aliphatic rings. The smallest absolute Gasteiger partial charge is 0.335 e. The Bertz CT molecular complexity index is 1800. The fourth-order valence-corrected chi connectivity index (χ4v) is 8.09. The Morgan fingerprint density at radius 3 is 1.19 bits per heavy atom. The van der Waals surface area contributed by atoms with E-state index >= 15 is 0 Å². The number of hydrogen-bond acceptors (Lipinski definition) is 11. The van der Waals surface area contributed by atoms with Crippen LogP contribution in [-0.2, 0) is 42.9 Å². The zero-order valence-corrected chi connectivity index (χ0v) is 47.7. The standard InChI is InChI=1S/C65H102O12/c1-4-7-10-13-16-19-22-25-27-29-31-34-36-39-42-45-48-51-57(66)73-54-56(75-58(67)52-49-46-43-40-37-33-24-21-18-15-12-9-6-3)55-74-65-63(61(70)60(69)62(77-65)64(71)72)76-59(68)53-50-47-44-41-38-35-32-30-28-26-23-20-17-14-11-8-5-2/h7-12,16-21,25-28,32-33,35,37,56,60-63,65,69-70H,4-6,13-15,22-24,29-31,34,36,38-55H2,1-3H3,(H,71,72)/b10-7-,11-8-,12-9-,19-16-,20-17-,21-18-,27-25-,28-26-,35-32-,37-33-. The van der Waals surface area contributed by atoms with Gasteiger partial charge in [-0.1, -0.05) is 194 Å². The van der Waals surface area contributed by atoms with Crippen LogP contribution in [0.2, 0.25) is 0 Å². The van der Waals surface area contributed by atoms with Crippen LogP contribution in [-0.4, -0.2) is 89.2 Å². The Kier molecular flexibility index (Phi) is 47.2. The molecule has 0 bridgehead atoms. The number of aliphatic hydroxyl groups is 2.